The number of ether oxygens (including phenoxy) is 2. The van der Waals surface area contributed by atoms with Crippen LogP contribution < -0.4 is 10.1 Å². The van der Waals surface area contributed by atoms with Crippen molar-refractivity contribution in [1.29, 1.82) is 0 Å². The molecule has 2 atom stereocenters. The van der Waals surface area contributed by atoms with Gasteiger partial charge in [-0.3, -0.25) is 0 Å². The summed E-state index contributed by atoms with van der Waals surface area (Å²) in [5, 5.41) is 3.45. The number of sulfonamides is 1. The molecule has 1 aromatic carbocycles. The lowest BCUT2D eigenvalue weighted by atomic mass is 9.95. The van der Waals surface area contributed by atoms with Crippen LogP contribution in [0.25, 0.3) is 0 Å². The van der Waals surface area contributed by atoms with Gasteiger partial charge in [-0.05, 0) is 49.6 Å². The van der Waals surface area contributed by atoms with Gasteiger partial charge in [0, 0.05) is 26.2 Å². The highest BCUT2D eigenvalue weighted by atomic mass is 32.2. The number of piperidine rings is 1. The van der Waals surface area contributed by atoms with Gasteiger partial charge in [0.15, 0.2) is 0 Å². The summed E-state index contributed by atoms with van der Waals surface area (Å²) in [6.45, 7) is 3.15. The van der Waals surface area contributed by atoms with Crippen LogP contribution in [-0.4, -0.2) is 58.7 Å². The Kier molecular flexibility index (Phi) is 5.21. The molecular weight excluding hydrogens is 316 g/mol. The van der Waals surface area contributed by atoms with E-state index in [0.29, 0.717) is 48.9 Å². The lowest BCUT2D eigenvalue weighted by Gasteiger charge is -2.34. The lowest BCUT2D eigenvalue weighted by Crippen LogP contribution is -2.46. The third kappa shape index (κ3) is 3.68. The number of nitrogens with one attached hydrogen (secondary N) is 1. The van der Waals surface area contributed by atoms with Gasteiger partial charge in [-0.15, -0.1) is 0 Å². The van der Waals surface area contributed by atoms with Crippen LogP contribution in [0.3, 0.4) is 0 Å². The molecular formula is C16H24N2O4S. The zero-order chi connectivity index (χ0) is 16.3. The van der Waals surface area contributed by atoms with E-state index in [-0.39, 0.29) is 0 Å². The van der Waals surface area contributed by atoms with Crippen LogP contribution in [0.4, 0.5) is 0 Å². The largest absolute Gasteiger partial charge is 0.491 e. The minimum atomic E-state index is -3.42. The van der Waals surface area contributed by atoms with Crippen LogP contribution in [0, 0.1) is 5.92 Å². The number of hydrogen-bond acceptors (Lipinski definition) is 5. The second kappa shape index (κ2) is 7.17. The van der Waals surface area contributed by atoms with Crippen LogP contribution in [0.1, 0.15) is 12.8 Å². The van der Waals surface area contributed by atoms with Crippen molar-refractivity contribution in [3.63, 3.8) is 0 Å². The van der Waals surface area contributed by atoms with Crippen LogP contribution in [-0.2, 0) is 14.8 Å². The zero-order valence-corrected chi connectivity index (χ0v) is 14.2. The van der Waals surface area contributed by atoms with Crippen molar-refractivity contribution in [3.8, 4) is 5.75 Å². The summed E-state index contributed by atoms with van der Waals surface area (Å²) < 4.78 is 37.6. The first-order valence-electron chi connectivity index (χ1n) is 8.06. The highest BCUT2D eigenvalue weighted by Crippen LogP contribution is 2.29. The maximum atomic E-state index is 12.8. The third-order valence-corrected chi connectivity index (χ3v) is 6.52. The Balaban J connectivity index is 1.67. The Morgan fingerprint density at radius 1 is 1.22 bits per heavy atom. The second-order valence-corrected chi connectivity index (χ2v) is 8.01. The molecule has 2 fully saturated rings. The van der Waals surface area contributed by atoms with Gasteiger partial charge in [0.2, 0.25) is 10.0 Å². The number of benzene rings is 1. The molecule has 7 heteroatoms. The molecule has 6 nitrogen and oxygen atoms in total. The molecule has 23 heavy (non-hydrogen) atoms. The molecule has 3 rings (SSSR count). The van der Waals surface area contributed by atoms with Gasteiger partial charge in [-0.2, -0.15) is 4.31 Å². The fraction of sp³-hybridized carbons (Fsp3) is 0.625. The Bertz CT molecular complexity index is 617. The first-order valence-corrected chi connectivity index (χ1v) is 9.50. The normalized spacial score (nSPS) is 25.3. The van der Waals surface area contributed by atoms with Crippen molar-refractivity contribution in [1.82, 2.24) is 9.62 Å². The van der Waals surface area contributed by atoms with Crippen LogP contribution in [0.5, 0.6) is 5.75 Å². The van der Waals surface area contributed by atoms with Crippen LogP contribution >= 0.6 is 0 Å². The Hall–Kier alpha value is -1.15. The molecule has 2 heterocycles. The first-order chi connectivity index (χ1) is 11.1. The number of fused-ring (bicyclic) bond motifs is 1. The van der Waals surface area contributed by atoms with E-state index >= 15 is 0 Å². The number of rotatable bonds is 6. The van der Waals surface area contributed by atoms with Gasteiger partial charge >= 0.3 is 0 Å². The van der Waals surface area contributed by atoms with Crippen molar-refractivity contribution in [3.05, 3.63) is 24.3 Å². The molecule has 0 aromatic heterocycles. The van der Waals surface area contributed by atoms with E-state index in [0.717, 1.165) is 19.4 Å². The van der Waals surface area contributed by atoms with Gasteiger partial charge in [0.25, 0.3) is 0 Å². The molecule has 2 saturated heterocycles. The SMILES string of the molecule is COCCOc1ccc(S(=O)(=O)N2CCC3NCCC3C2)cc1. The molecule has 0 amide bonds. The molecule has 0 saturated carbocycles. The summed E-state index contributed by atoms with van der Waals surface area (Å²) in [5.74, 6) is 1.09. The van der Waals surface area contributed by atoms with Gasteiger partial charge in [0.05, 0.1) is 11.5 Å². The Morgan fingerprint density at radius 3 is 2.74 bits per heavy atom. The average molecular weight is 340 g/mol. The van der Waals surface area contributed by atoms with E-state index < -0.39 is 10.0 Å². The fourth-order valence-corrected chi connectivity index (χ4v) is 4.84. The maximum absolute atomic E-state index is 12.8. The molecule has 0 bridgehead atoms. The first kappa shape index (κ1) is 16.7. The highest BCUT2D eigenvalue weighted by molar-refractivity contribution is 7.89. The van der Waals surface area contributed by atoms with Crippen molar-refractivity contribution in [2.24, 2.45) is 5.92 Å². The van der Waals surface area contributed by atoms with Crippen molar-refractivity contribution < 1.29 is 17.9 Å². The Labute approximate surface area is 137 Å². The van der Waals surface area contributed by atoms with Gasteiger partial charge in [0.1, 0.15) is 12.4 Å². The van der Waals surface area contributed by atoms with E-state index in [9.17, 15) is 8.42 Å². The van der Waals surface area contributed by atoms with Crippen LogP contribution in [0.2, 0.25) is 0 Å². The molecule has 1 aromatic rings. The minimum Gasteiger partial charge on any atom is -0.491 e. The van der Waals surface area contributed by atoms with Crippen LogP contribution in [0.15, 0.2) is 29.2 Å². The zero-order valence-electron chi connectivity index (χ0n) is 13.4. The molecule has 0 aliphatic carbocycles. The molecule has 0 spiro atoms. The molecule has 0 radical (unpaired) electrons. The summed E-state index contributed by atoms with van der Waals surface area (Å²) in [5.41, 5.74) is 0. The van der Waals surface area contributed by atoms with E-state index in [2.05, 4.69) is 5.32 Å². The van der Waals surface area contributed by atoms with E-state index in [1.54, 1.807) is 35.7 Å². The van der Waals surface area contributed by atoms with E-state index in [4.69, 9.17) is 9.47 Å². The topological polar surface area (TPSA) is 67.9 Å². The monoisotopic (exact) mass is 340 g/mol. The summed E-state index contributed by atoms with van der Waals surface area (Å²) in [7, 11) is -1.80. The molecule has 1 N–H and O–H groups in total. The van der Waals surface area contributed by atoms with Gasteiger partial charge in [-0.25, -0.2) is 8.42 Å². The maximum Gasteiger partial charge on any atom is 0.243 e. The summed E-state index contributed by atoms with van der Waals surface area (Å²) in [6, 6.07) is 7.13. The lowest BCUT2D eigenvalue weighted by molar-refractivity contribution is 0.146. The standard InChI is InChI=1S/C16H24N2O4S/c1-21-10-11-22-14-2-4-15(5-3-14)23(19,20)18-9-7-16-13(12-18)6-8-17-16/h2-5,13,16-17H,6-12H2,1H3. The predicted molar refractivity (Wildman–Crippen MR) is 87.1 cm³/mol. The van der Waals surface area contributed by atoms with Gasteiger partial charge < -0.3 is 14.8 Å². The van der Waals surface area contributed by atoms with Gasteiger partial charge in [-0.1, -0.05) is 0 Å². The van der Waals surface area contributed by atoms with E-state index in [1.807, 2.05) is 0 Å². The quantitative estimate of drug-likeness (QED) is 0.785. The van der Waals surface area contributed by atoms with Crippen molar-refractivity contribution in [2.45, 2.75) is 23.8 Å². The highest BCUT2D eigenvalue weighted by Gasteiger charge is 2.37. The summed E-state index contributed by atoms with van der Waals surface area (Å²) >= 11 is 0. The molecule has 2 unspecified atom stereocenters. The number of methoxy groups -OCH3 is 1. The molecule has 128 valence electrons. The summed E-state index contributed by atoms with van der Waals surface area (Å²) in [4.78, 5) is 0.334. The van der Waals surface area contributed by atoms with Crippen molar-refractivity contribution >= 4 is 10.0 Å². The third-order valence-electron chi connectivity index (χ3n) is 4.64. The Morgan fingerprint density at radius 2 is 2.00 bits per heavy atom. The van der Waals surface area contributed by atoms with E-state index in [1.165, 1.54) is 0 Å². The smallest absolute Gasteiger partial charge is 0.243 e. The number of nitrogens with zero attached hydrogens (tertiary/aromatic N) is 1. The molecule has 2 aliphatic rings. The fourth-order valence-electron chi connectivity index (χ4n) is 3.33. The van der Waals surface area contributed by atoms with Crippen molar-refractivity contribution in [2.75, 3.05) is 40.0 Å². The minimum absolute atomic E-state index is 0.334. The molecule has 2 aliphatic heterocycles. The number of hydrogen-bond donors (Lipinski definition) is 1. The predicted octanol–water partition coefficient (Wildman–Crippen LogP) is 1.08. The summed E-state index contributed by atoms with van der Waals surface area (Å²) in [6.07, 6.45) is 1.95. The second-order valence-electron chi connectivity index (χ2n) is 6.07. The average Bonchev–Trinajstić information content (AvgIpc) is 3.03.